The van der Waals surface area contributed by atoms with Gasteiger partial charge in [0.15, 0.2) is 0 Å². The maximum Gasteiger partial charge on any atom is 0.128 e. The molecule has 0 spiro atoms. The minimum atomic E-state index is -0.302. The van der Waals surface area contributed by atoms with Crippen LogP contribution in [0, 0.1) is 5.41 Å². The van der Waals surface area contributed by atoms with Crippen molar-refractivity contribution in [3.05, 3.63) is 34.3 Å². The SMILES string of the molecule is O=CC1(Cc2ccccc2Br)CCOC1. The molecular formula is C12H13BrO2. The standard InChI is InChI=1S/C12H13BrO2/c13-11-4-2-1-3-10(11)7-12(8-14)5-6-15-9-12/h1-4,8H,5-7,9H2. The Kier molecular flexibility index (Phi) is 3.22. The van der Waals surface area contributed by atoms with Crippen molar-refractivity contribution >= 4 is 22.2 Å². The van der Waals surface area contributed by atoms with E-state index in [2.05, 4.69) is 15.9 Å². The van der Waals surface area contributed by atoms with Gasteiger partial charge in [0.1, 0.15) is 6.29 Å². The molecule has 1 aromatic rings. The van der Waals surface area contributed by atoms with E-state index in [1.807, 2.05) is 24.3 Å². The summed E-state index contributed by atoms with van der Waals surface area (Å²) in [5.74, 6) is 0. The molecule has 0 aliphatic carbocycles. The molecule has 0 radical (unpaired) electrons. The molecule has 1 aromatic carbocycles. The average Bonchev–Trinajstić information content (AvgIpc) is 2.71. The predicted octanol–water partition coefficient (Wildman–Crippen LogP) is 2.60. The van der Waals surface area contributed by atoms with Gasteiger partial charge in [-0.25, -0.2) is 0 Å². The van der Waals surface area contributed by atoms with Gasteiger partial charge in [-0.15, -0.1) is 0 Å². The summed E-state index contributed by atoms with van der Waals surface area (Å²) in [5, 5.41) is 0. The first kappa shape index (κ1) is 10.8. The molecule has 0 aromatic heterocycles. The molecule has 0 amide bonds. The molecule has 1 aliphatic rings. The van der Waals surface area contributed by atoms with Crippen LogP contribution in [0.1, 0.15) is 12.0 Å². The van der Waals surface area contributed by atoms with Crippen LogP contribution >= 0.6 is 15.9 Å². The quantitative estimate of drug-likeness (QED) is 0.788. The minimum Gasteiger partial charge on any atom is -0.380 e. The van der Waals surface area contributed by atoms with E-state index in [1.165, 1.54) is 5.56 Å². The predicted molar refractivity (Wildman–Crippen MR) is 61.8 cm³/mol. The van der Waals surface area contributed by atoms with Crippen molar-refractivity contribution in [3.63, 3.8) is 0 Å². The Hall–Kier alpha value is -0.670. The number of rotatable bonds is 3. The Balaban J connectivity index is 2.20. The number of hydrogen-bond acceptors (Lipinski definition) is 2. The van der Waals surface area contributed by atoms with Crippen LogP contribution in [0.5, 0.6) is 0 Å². The molecule has 1 unspecified atom stereocenters. The van der Waals surface area contributed by atoms with Gasteiger partial charge >= 0.3 is 0 Å². The Morgan fingerprint density at radius 1 is 1.47 bits per heavy atom. The highest BCUT2D eigenvalue weighted by Gasteiger charge is 2.35. The third kappa shape index (κ3) is 2.29. The van der Waals surface area contributed by atoms with Gasteiger partial charge in [0, 0.05) is 11.1 Å². The number of ether oxygens (including phenoxy) is 1. The summed E-state index contributed by atoms with van der Waals surface area (Å²) in [6.07, 6.45) is 2.65. The summed E-state index contributed by atoms with van der Waals surface area (Å²) in [4.78, 5) is 11.1. The lowest BCUT2D eigenvalue weighted by molar-refractivity contribution is -0.116. The van der Waals surface area contributed by atoms with Gasteiger partial charge < -0.3 is 9.53 Å². The van der Waals surface area contributed by atoms with Gasteiger partial charge in [0.2, 0.25) is 0 Å². The first-order chi connectivity index (χ1) is 7.26. The van der Waals surface area contributed by atoms with Crippen LogP contribution in [0.15, 0.2) is 28.7 Å². The molecule has 2 rings (SSSR count). The zero-order valence-corrected chi connectivity index (χ0v) is 10.00. The molecule has 1 aliphatic heterocycles. The summed E-state index contributed by atoms with van der Waals surface area (Å²) in [6, 6.07) is 8.03. The second kappa shape index (κ2) is 4.45. The van der Waals surface area contributed by atoms with Gasteiger partial charge in [-0.2, -0.15) is 0 Å². The van der Waals surface area contributed by atoms with Gasteiger partial charge in [-0.3, -0.25) is 0 Å². The topological polar surface area (TPSA) is 26.3 Å². The van der Waals surface area contributed by atoms with Crippen molar-refractivity contribution in [2.24, 2.45) is 5.41 Å². The zero-order chi connectivity index (χ0) is 10.7. The minimum absolute atomic E-state index is 0.302. The van der Waals surface area contributed by atoms with Gasteiger partial charge in [0.05, 0.1) is 12.0 Å². The molecule has 0 bridgehead atoms. The molecule has 15 heavy (non-hydrogen) atoms. The Morgan fingerprint density at radius 3 is 2.87 bits per heavy atom. The second-order valence-electron chi connectivity index (χ2n) is 4.05. The number of benzene rings is 1. The third-order valence-corrected chi connectivity index (χ3v) is 3.66. The van der Waals surface area contributed by atoms with Crippen LogP contribution < -0.4 is 0 Å². The van der Waals surface area contributed by atoms with E-state index in [4.69, 9.17) is 4.74 Å². The van der Waals surface area contributed by atoms with Crippen molar-refractivity contribution in [3.8, 4) is 0 Å². The van der Waals surface area contributed by atoms with E-state index in [0.717, 1.165) is 23.6 Å². The summed E-state index contributed by atoms with van der Waals surface area (Å²) >= 11 is 3.50. The third-order valence-electron chi connectivity index (χ3n) is 2.88. The fourth-order valence-corrected chi connectivity index (χ4v) is 2.34. The van der Waals surface area contributed by atoms with Crippen LogP contribution in [-0.2, 0) is 16.0 Å². The Morgan fingerprint density at radius 2 is 2.27 bits per heavy atom. The highest BCUT2D eigenvalue weighted by Crippen LogP contribution is 2.32. The van der Waals surface area contributed by atoms with E-state index in [1.54, 1.807) is 0 Å². The molecule has 3 heteroatoms. The molecule has 1 heterocycles. The largest absolute Gasteiger partial charge is 0.380 e. The molecule has 1 saturated heterocycles. The zero-order valence-electron chi connectivity index (χ0n) is 8.41. The van der Waals surface area contributed by atoms with Gasteiger partial charge in [-0.05, 0) is 24.5 Å². The molecule has 0 saturated carbocycles. The number of carbonyl (C=O) groups is 1. The van der Waals surface area contributed by atoms with Crippen molar-refractivity contribution in [2.45, 2.75) is 12.8 Å². The van der Waals surface area contributed by atoms with Gasteiger partial charge in [-0.1, -0.05) is 34.1 Å². The summed E-state index contributed by atoms with van der Waals surface area (Å²) in [7, 11) is 0. The van der Waals surface area contributed by atoms with Crippen LogP contribution in [0.25, 0.3) is 0 Å². The van der Waals surface area contributed by atoms with Crippen LogP contribution in [0.3, 0.4) is 0 Å². The average molecular weight is 269 g/mol. The fourth-order valence-electron chi connectivity index (χ4n) is 1.92. The number of carbonyl (C=O) groups excluding carboxylic acids is 1. The molecule has 0 N–H and O–H groups in total. The van der Waals surface area contributed by atoms with Crippen LogP contribution in [0.2, 0.25) is 0 Å². The number of halogens is 1. The van der Waals surface area contributed by atoms with E-state index in [9.17, 15) is 4.79 Å². The summed E-state index contributed by atoms with van der Waals surface area (Å²) < 4.78 is 6.38. The molecule has 2 nitrogen and oxygen atoms in total. The monoisotopic (exact) mass is 268 g/mol. The lowest BCUT2D eigenvalue weighted by atomic mass is 9.82. The maximum absolute atomic E-state index is 11.1. The molecular weight excluding hydrogens is 256 g/mol. The first-order valence-corrected chi connectivity index (χ1v) is 5.83. The van der Waals surface area contributed by atoms with E-state index in [0.29, 0.717) is 13.2 Å². The van der Waals surface area contributed by atoms with Crippen molar-refractivity contribution in [2.75, 3.05) is 13.2 Å². The molecule has 80 valence electrons. The second-order valence-corrected chi connectivity index (χ2v) is 4.91. The normalized spacial score (nSPS) is 25.4. The summed E-state index contributed by atoms with van der Waals surface area (Å²) in [5.41, 5.74) is 0.874. The van der Waals surface area contributed by atoms with E-state index in [-0.39, 0.29) is 5.41 Å². The Labute approximate surface area is 97.8 Å². The molecule has 1 fully saturated rings. The lowest BCUT2D eigenvalue weighted by Crippen LogP contribution is -2.25. The molecule has 1 atom stereocenters. The summed E-state index contributed by atoms with van der Waals surface area (Å²) in [6.45, 7) is 1.25. The van der Waals surface area contributed by atoms with E-state index < -0.39 is 0 Å². The fraction of sp³-hybridized carbons (Fsp3) is 0.417. The highest BCUT2D eigenvalue weighted by molar-refractivity contribution is 9.10. The van der Waals surface area contributed by atoms with Crippen molar-refractivity contribution in [1.82, 2.24) is 0 Å². The number of aldehydes is 1. The van der Waals surface area contributed by atoms with Crippen LogP contribution in [-0.4, -0.2) is 19.5 Å². The first-order valence-electron chi connectivity index (χ1n) is 5.03. The highest BCUT2D eigenvalue weighted by atomic mass is 79.9. The smallest absolute Gasteiger partial charge is 0.128 e. The van der Waals surface area contributed by atoms with Crippen LogP contribution in [0.4, 0.5) is 0 Å². The number of hydrogen-bond donors (Lipinski definition) is 0. The van der Waals surface area contributed by atoms with Crippen molar-refractivity contribution in [1.29, 1.82) is 0 Å². The maximum atomic E-state index is 11.1. The Bertz CT molecular complexity index is 356. The lowest BCUT2D eigenvalue weighted by Gasteiger charge is -2.20. The van der Waals surface area contributed by atoms with E-state index >= 15 is 0 Å². The van der Waals surface area contributed by atoms with Crippen molar-refractivity contribution < 1.29 is 9.53 Å². The van der Waals surface area contributed by atoms with Gasteiger partial charge in [0.25, 0.3) is 0 Å².